The number of likely N-dealkylation sites (N-methyl/N-ethyl adjacent to an activating group) is 1. The van der Waals surface area contributed by atoms with Crippen LogP contribution < -0.4 is 10.2 Å². The zero-order valence-electron chi connectivity index (χ0n) is 13.7. The van der Waals surface area contributed by atoms with Gasteiger partial charge in [-0.25, -0.2) is 0 Å². The number of hydrogen-bond donors (Lipinski definition) is 1. The molecule has 3 rings (SSSR count). The van der Waals surface area contributed by atoms with Crippen molar-refractivity contribution in [2.45, 2.75) is 39.2 Å². The third-order valence-electron chi connectivity index (χ3n) is 5.00. The Labute approximate surface area is 129 Å². The van der Waals surface area contributed by atoms with E-state index < -0.39 is 0 Å². The van der Waals surface area contributed by atoms with Gasteiger partial charge in [0, 0.05) is 43.6 Å². The van der Waals surface area contributed by atoms with Crippen molar-refractivity contribution in [1.29, 1.82) is 0 Å². The van der Waals surface area contributed by atoms with Crippen molar-refractivity contribution in [3.63, 3.8) is 0 Å². The lowest BCUT2D eigenvalue weighted by Crippen LogP contribution is -2.44. The number of rotatable bonds is 3. The summed E-state index contributed by atoms with van der Waals surface area (Å²) in [6.45, 7) is 9.18. The summed E-state index contributed by atoms with van der Waals surface area (Å²) in [4.78, 5) is 4.93. The van der Waals surface area contributed by atoms with Crippen molar-refractivity contribution in [3.8, 4) is 0 Å². The van der Waals surface area contributed by atoms with Gasteiger partial charge in [-0.05, 0) is 62.9 Å². The molecule has 1 aliphatic carbocycles. The highest BCUT2D eigenvalue weighted by Crippen LogP contribution is 2.29. The molecule has 0 radical (unpaired) electrons. The lowest BCUT2D eigenvalue weighted by atomic mass is 10.1. The summed E-state index contributed by atoms with van der Waals surface area (Å²) in [5.41, 5.74) is 4.06. The molecule has 2 fully saturated rings. The molecule has 3 heteroatoms. The van der Waals surface area contributed by atoms with Gasteiger partial charge in [-0.2, -0.15) is 0 Å². The highest BCUT2D eigenvalue weighted by Gasteiger charge is 2.21. The Bertz CT molecular complexity index is 477. The monoisotopic (exact) mass is 287 g/mol. The zero-order chi connectivity index (χ0) is 14.8. The van der Waals surface area contributed by atoms with Crippen LogP contribution in [0.5, 0.6) is 0 Å². The van der Waals surface area contributed by atoms with E-state index in [1.54, 1.807) is 0 Å². The highest BCUT2D eigenvalue weighted by atomic mass is 15.2. The minimum atomic E-state index is 0.669. The molecule has 0 spiro atoms. The number of piperazine rings is 1. The largest absolute Gasteiger partial charge is 0.382 e. The summed E-state index contributed by atoms with van der Waals surface area (Å²) in [5.74, 6) is 0.879. The van der Waals surface area contributed by atoms with Gasteiger partial charge in [0.25, 0.3) is 0 Å². The van der Waals surface area contributed by atoms with E-state index in [0.717, 1.165) is 32.1 Å². The molecule has 3 nitrogen and oxygen atoms in total. The van der Waals surface area contributed by atoms with E-state index >= 15 is 0 Å². The summed E-state index contributed by atoms with van der Waals surface area (Å²) >= 11 is 0. The second kappa shape index (κ2) is 6.27. The SMILES string of the molecule is Cc1cc(N[C@@H]2CC[C@H](C)C2)cc(N2CCN(C)CC2)c1. The van der Waals surface area contributed by atoms with E-state index in [1.807, 2.05) is 0 Å². The van der Waals surface area contributed by atoms with Crippen LogP contribution in [0.25, 0.3) is 0 Å². The van der Waals surface area contributed by atoms with Crippen LogP contribution in [0.2, 0.25) is 0 Å². The average molecular weight is 287 g/mol. The van der Waals surface area contributed by atoms with Crippen molar-refractivity contribution in [2.75, 3.05) is 43.4 Å². The fourth-order valence-electron chi connectivity index (χ4n) is 3.67. The molecule has 1 saturated heterocycles. The summed E-state index contributed by atoms with van der Waals surface area (Å²) < 4.78 is 0. The Kier molecular flexibility index (Phi) is 4.39. The van der Waals surface area contributed by atoms with Gasteiger partial charge >= 0.3 is 0 Å². The van der Waals surface area contributed by atoms with E-state index in [0.29, 0.717) is 6.04 Å². The molecule has 116 valence electrons. The van der Waals surface area contributed by atoms with Crippen LogP contribution in [0, 0.1) is 12.8 Å². The van der Waals surface area contributed by atoms with Crippen LogP contribution in [0.3, 0.4) is 0 Å². The summed E-state index contributed by atoms with van der Waals surface area (Å²) in [6.07, 6.45) is 4.01. The Morgan fingerprint density at radius 1 is 1.05 bits per heavy atom. The molecule has 1 aromatic carbocycles. The Morgan fingerprint density at radius 3 is 2.48 bits per heavy atom. The van der Waals surface area contributed by atoms with Crippen molar-refractivity contribution < 1.29 is 0 Å². The van der Waals surface area contributed by atoms with Gasteiger partial charge in [0.1, 0.15) is 0 Å². The molecule has 0 amide bonds. The Balaban J connectivity index is 1.70. The van der Waals surface area contributed by atoms with Gasteiger partial charge in [0.15, 0.2) is 0 Å². The van der Waals surface area contributed by atoms with Crippen LogP contribution in [-0.2, 0) is 0 Å². The highest BCUT2D eigenvalue weighted by molar-refractivity contribution is 5.61. The lowest BCUT2D eigenvalue weighted by molar-refractivity contribution is 0.313. The first-order valence-corrected chi connectivity index (χ1v) is 8.42. The van der Waals surface area contributed by atoms with Crippen molar-refractivity contribution >= 4 is 11.4 Å². The first-order valence-electron chi connectivity index (χ1n) is 8.42. The van der Waals surface area contributed by atoms with Gasteiger partial charge < -0.3 is 15.1 Å². The maximum atomic E-state index is 3.76. The van der Waals surface area contributed by atoms with Crippen molar-refractivity contribution in [2.24, 2.45) is 5.92 Å². The van der Waals surface area contributed by atoms with Crippen LogP contribution in [0.15, 0.2) is 18.2 Å². The first-order chi connectivity index (χ1) is 10.1. The third-order valence-corrected chi connectivity index (χ3v) is 5.00. The van der Waals surface area contributed by atoms with E-state index in [-0.39, 0.29) is 0 Å². The molecule has 2 aliphatic rings. The molecule has 2 atom stereocenters. The smallest absolute Gasteiger partial charge is 0.0390 e. The zero-order valence-corrected chi connectivity index (χ0v) is 13.7. The molecule has 1 saturated carbocycles. The molecule has 0 aromatic heterocycles. The lowest BCUT2D eigenvalue weighted by Gasteiger charge is -2.34. The van der Waals surface area contributed by atoms with Gasteiger partial charge in [-0.3, -0.25) is 0 Å². The number of anilines is 2. The number of nitrogens with zero attached hydrogens (tertiary/aromatic N) is 2. The first kappa shape index (κ1) is 14.7. The second-order valence-corrected chi connectivity index (χ2v) is 7.11. The number of aryl methyl sites for hydroxylation is 1. The standard InChI is InChI=1S/C18H29N3/c1-14-4-5-16(10-14)19-17-11-15(2)12-18(13-17)21-8-6-20(3)7-9-21/h11-14,16,19H,4-10H2,1-3H3/t14-,16+/m0/s1. The Hall–Kier alpha value is -1.22. The predicted molar refractivity (Wildman–Crippen MR) is 91.3 cm³/mol. The number of benzene rings is 1. The summed E-state index contributed by atoms with van der Waals surface area (Å²) in [6, 6.07) is 7.64. The quantitative estimate of drug-likeness (QED) is 0.920. The van der Waals surface area contributed by atoms with Gasteiger partial charge in [0.05, 0.1) is 0 Å². The van der Waals surface area contributed by atoms with Gasteiger partial charge in [-0.15, -0.1) is 0 Å². The fourth-order valence-corrected chi connectivity index (χ4v) is 3.67. The summed E-state index contributed by atoms with van der Waals surface area (Å²) in [7, 11) is 2.21. The topological polar surface area (TPSA) is 18.5 Å². The predicted octanol–water partition coefficient (Wildman–Crippen LogP) is 3.35. The second-order valence-electron chi connectivity index (χ2n) is 7.11. The molecule has 21 heavy (non-hydrogen) atoms. The molecule has 0 bridgehead atoms. The Morgan fingerprint density at radius 2 is 1.81 bits per heavy atom. The molecule has 1 heterocycles. The van der Waals surface area contributed by atoms with Crippen LogP contribution in [0.1, 0.15) is 31.7 Å². The van der Waals surface area contributed by atoms with Gasteiger partial charge in [-0.1, -0.05) is 6.92 Å². The third kappa shape index (κ3) is 3.70. The minimum Gasteiger partial charge on any atom is -0.382 e. The van der Waals surface area contributed by atoms with Crippen molar-refractivity contribution in [1.82, 2.24) is 4.90 Å². The maximum Gasteiger partial charge on any atom is 0.0390 e. The van der Waals surface area contributed by atoms with Gasteiger partial charge in [0.2, 0.25) is 0 Å². The fraction of sp³-hybridized carbons (Fsp3) is 0.667. The molecular weight excluding hydrogens is 258 g/mol. The molecule has 0 unspecified atom stereocenters. The van der Waals surface area contributed by atoms with E-state index in [4.69, 9.17) is 0 Å². The molecule has 1 aliphatic heterocycles. The van der Waals surface area contributed by atoms with Crippen LogP contribution >= 0.6 is 0 Å². The van der Waals surface area contributed by atoms with E-state index in [9.17, 15) is 0 Å². The van der Waals surface area contributed by atoms with E-state index in [2.05, 4.69) is 54.2 Å². The molecule has 1 aromatic rings. The normalized spacial score (nSPS) is 27.1. The molecular formula is C18H29N3. The number of hydrogen-bond acceptors (Lipinski definition) is 3. The average Bonchev–Trinajstić information content (AvgIpc) is 2.84. The van der Waals surface area contributed by atoms with Crippen molar-refractivity contribution in [3.05, 3.63) is 23.8 Å². The van der Waals surface area contributed by atoms with Crippen LogP contribution in [-0.4, -0.2) is 44.2 Å². The minimum absolute atomic E-state index is 0.669. The maximum absolute atomic E-state index is 3.76. The summed E-state index contributed by atoms with van der Waals surface area (Å²) in [5, 5.41) is 3.76. The molecule has 1 N–H and O–H groups in total. The number of nitrogens with one attached hydrogen (secondary N) is 1. The van der Waals surface area contributed by atoms with E-state index in [1.165, 1.54) is 36.2 Å². The van der Waals surface area contributed by atoms with Crippen LogP contribution in [0.4, 0.5) is 11.4 Å².